The van der Waals surface area contributed by atoms with Crippen molar-refractivity contribution >= 4 is 12.0 Å². The molecule has 0 aromatic heterocycles. The number of urea groups is 1. The first-order valence-electron chi connectivity index (χ1n) is 9.87. The second-order valence-corrected chi connectivity index (χ2v) is 7.53. The number of carbonyl (C=O) groups excluding carboxylic acids is 1. The molecule has 1 aliphatic heterocycles. The number of benzene rings is 1. The van der Waals surface area contributed by atoms with Crippen molar-refractivity contribution in [3.63, 3.8) is 0 Å². The summed E-state index contributed by atoms with van der Waals surface area (Å²) in [5.41, 5.74) is 5.14. The lowest BCUT2D eigenvalue weighted by Gasteiger charge is -2.37. The molecule has 6 heteroatoms. The third-order valence-electron chi connectivity index (χ3n) is 5.50. The normalized spacial score (nSPS) is 15.2. The van der Waals surface area contributed by atoms with Crippen molar-refractivity contribution in [1.82, 2.24) is 15.1 Å². The van der Waals surface area contributed by atoms with E-state index in [2.05, 4.69) is 38.2 Å². The highest BCUT2D eigenvalue weighted by molar-refractivity contribution is 5.74. The number of carbonyl (C=O) groups is 2. The molecule has 6 nitrogen and oxygen atoms in total. The van der Waals surface area contributed by atoms with Gasteiger partial charge in [0.2, 0.25) is 0 Å². The van der Waals surface area contributed by atoms with Crippen LogP contribution in [0.15, 0.2) is 12.1 Å². The fourth-order valence-corrected chi connectivity index (χ4v) is 4.12. The van der Waals surface area contributed by atoms with Gasteiger partial charge in [-0.05, 0) is 63.3 Å². The van der Waals surface area contributed by atoms with Crippen molar-refractivity contribution in [3.05, 3.63) is 34.4 Å². The van der Waals surface area contributed by atoms with Gasteiger partial charge in [-0.25, -0.2) is 4.79 Å². The maximum absolute atomic E-state index is 12.4. The molecule has 0 atom stereocenters. The maximum atomic E-state index is 12.4. The summed E-state index contributed by atoms with van der Waals surface area (Å²) in [6.07, 6.45) is 2.48. The summed E-state index contributed by atoms with van der Waals surface area (Å²) in [6.45, 7) is 11.1. The van der Waals surface area contributed by atoms with E-state index in [1.54, 1.807) is 0 Å². The number of aryl methyl sites for hydroxylation is 3. The number of aliphatic carboxylic acids is 1. The number of hydrogen-bond acceptors (Lipinski definition) is 3. The third kappa shape index (κ3) is 5.96. The highest BCUT2D eigenvalue weighted by Crippen LogP contribution is 2.18. The molecule has 1 heterocycles. The van der Waals surface area contributed by atoms with Gasteiger partial charge in [-0.2, -0.15) is 0 Å². The summed E-state index contributed by atoms with van der Waals surface area (Å²) >= 11 is 0. The number of carboxylic acid groups (broad SMARTS) is 1. The number of hydrogen-bond donors (Lipinski definition) is 2. The predicted octanol–water partition coefficient (Wildman–Crippen LogP) is 2.73. The van der Waals surface area contributed by atoms with Gasteiger partial charge in [-0.15, -0.1) is 0 Å². The lowest BCUT2D eigenvalue weighted by Crippen LogP contribution is -2.50. The largest absolute Gasteiger partial charge is 0.480 e. The van der Waals surface area contributed by atoms with E-state index in [9.17, 15) is 9.59 Å². The van der Waals surface area contributed by atoms with E-state index in [0.717, 1.165) is 25.8 Å². The molecule has 0 spiro atoms. The SMILES string of the molecule is CCN(CC(=O)O)C1CCN(C(=O)NCCc2c(C)cc(C)cc2C)CC1. The molecule has 0 radical (unpaired) electrons. The van der Waals surface area contributed by atoms with Crippen molar-refractivity contribution in [2.75, 3.05) is 32.7 Å². The quantitative estimate of drug-likeness (QED) is 0.769. The van der Waals surface area contributed by atoms with E-state index in [1.807, 2.05) is 16.7 Å². The van der Waals surface area contributed by atoms with Crippen LogP contribution in [0.25, 0.3) is 0 Å². The number of carboxylic acids is 1. The van der Waals surface area contributed by atoms with Crippen LogP contribution >= 0.6 is 0 Å². The van der Waals surface area contributed by atoms with Gasteiger partial charge < -0.3 is 15.3 Å². The number of amides is 2. The van der Waals surface area contributed by atoms with Crippen molar-refractivity contribution in [2.45, 2.75) is 53.0 Å². The zero-order valence-corrected chi connectivity index (χ0v) is 17.0. The molecule has 150 valence electrons. The van der Waals surface area contributed by atoms with Crippen LogP contribution in [-0.4, -0.2) is 65.7 Å². The van der Waals surface area contributed by atoms with Gasteiger partial charge in [-0.1, -0.05) is 24.6 Å². The minimum absolute atomic E-state index is 0.0165. The number of piperidine rings is 1. The Morgan fingerprint density at radius 1 is 1.19 bits per heavy atom. The van der Waals surface area contributed by atoms with Crippen LogP contribution in [0, 0.1) is 20.8 Å². The van der Waals surface area contributed by atoms with Crippen LogP contribution in [0.3, 0.4) is 0 Å². The van der Waals surface area contributed by atoms with E-state index in [0.29, 0.717) is 19.6 Å². The molecule has 1 aromatic rings. The Morgan fingerprint density at radius 2 is 1.78 bits per heavy atom. The van der Waals surface area contributed by atoms with Crippen LogP contribution in [0.2, 0.25) is 0 Å². The van der Waals surface area contributed by atoms with Gasteiger partial charge >= 0.3 is 12.0 Å². The number of likely N-dealkylation sites (N-methyl/N-ethyl adjacent to an activating group) is 1. The summed E-state index contributed by atoms with van der Waals surface area (Å²) in [5.74, 6) is -0.793. The zero-order chi connectivity index (χ0) is 20.0. The number of likely N-dealkylation sites (tertiary alicyclic amines) is 1. The number of nitrogens with one attached hydrogen (secondary N) is 1. The monoisotopic (exact) mass is 375 g/mol. The fraction of sp³-hybridized carbons (Fsp3) is 0.619. The molecule has 1 saturated heterocycles. The molecular weight excluding hydrogens is 342 g/mol. The second kappa shape index (κ2) is 9.74. The summed E-state index contributed by atoms with van der Waals surface area (Å²) in [5, 5.41) is 12.1. The Morgan fingerprint density at radius 3 is 2.30 bits per heavy atom. The minimum atomic E-state index is -0.793. The van der Waals surface area contributed by atoms with Crippen LogP contribution in [-0.2, 0) is 11.2 Å². The van der Waals surface area contributed by atoms with E-state index < -0.39 is 5.97 Å². The van der Waals surface area contributed by atoms with Gasteiger partial charge in [-0.3, -0.25) is 9.69 Å². The summed E-state index contributed by atoms with van der Waals surface area (Å²) < 4.78 is 0. The third-order valence-corrected chi connectivity index (χ3v) is 5.50. The highest BCUT2D eigenvalue weighted by atomic mass is 16.4. The molecule has 2 N–H and O–H groups in total. The number of nitrogens with zero attached hydrogens (tertiary/aromatic N) is 2. The molecule has 27 heavy (non-hydrogen) atoms. The predicted molar refractivity (Wildman–Crippen MR) is 107 cm³/mol. The Hall–Kier alpha value is -2.08. The van der Waals surface area contributed by atoms with Crippen molar-refractivity contribution in [3.8, 4) is 0 Å². The molecule has 1 aromatic carbocycles. The standard InChI is InChI=1S/C21H33N3O3/c1-5-23(14-20(25)26)18-7-10-24(11-8-18)21(27)22-9-6-19-16(3)12-15(2)13-17(19)4/h12-13,18H,5-11,14H2,1-4H3,(H,22,27)(H,25,26). The molecule has 2 amide bonds. The summed E-state index contributed by atoms with van der Waals surface area (Å²) in [4.78, 5) is 27.2. The average Bonchev–Trinajstić information content (AvgIpc) is 2.61. The molecule has 1 aliphatic rings. The smallest absolute Gasteiger partial charge is 0.317 e. The molecule has 0 bridgehead atoms. The zero-order valence-electron chi connectivity index (χ0n) is 17.0. The number of rotatable bonds is 7. The van der Waals surface area contributed by atoms with Gasteiger partial charge in [0, 0.05) is 25.7 Å². The van der Waals surface area contributed by atoms with Crippen LogP contribution in [0.1, 0.15) is 42.0 Å². The van der Waals surface area contributed by atoms with E-state index in [-0.39, 0.29) is 18.6 Å². The Balaban J connectivity index is 1.79. The first kappa shape index (κ1) is 21.2. The minimum Gasteiger partial charge on any atom is -0.480 e. The second-order valence-electron chi connectivity index (χ2n) is 7.53. The molecule has 0 saturated carbocycles. The molecule has 0 unspecified atom stereocenters. The van der Waals surface area contributed by atoms with E-state index in [1.165, 1.54) is 22.3 Å². The summed E-state index contributed by atoms with van der Waals surface area (Å²) in [7, 11) is 0. The Labute approximate surface area is 162 Å². The van der Waals surface area contributed by atoms with Gasteiger partial charge in [0.05, 0.1) is 6.54 Å². The lowest BCUT2D eigenvalue weighted by atomic mass is 9.97. The molecule has 2 rings (SSSR count). The van der Waals surface area contributed by atoms with Gasteiger partial charge in [0.1, 0.15) is 0 Å². The molecular formula is C21H33N3O3. The van der Waals surface area contributed by atoms with Crippen molar-refractivity contribution in [1.29, 1.82) is 0 Å². The van der Waals surface area contributed by atoms with Crippen molar-refractivity contribution < 1.29 is 14.7 Å². The van der Waals surface area contributed by atoms with Gasteiger partial charge in [0.25, 0.3) is 0 Å². The lowest BCUT2D eigenvalue weighted by molar-refractivity contribution is -0.139. The first-order valence-corrected chi connectivity index (χ1v) is 9.87. The first-order chi connectivity index (χ1) is 12.8. The Kier molecular flexibility index (Phi) is 7.66. The van der Waals surface area contributed by atoms with Crippen LogP contribution < -0.4 is 5.32 Å². The molecule has 0 aliphatic carbocycles. The van der Waals surface area contributed by atoms with Crippen LogP contribution in [0.4, 0.5) is 4.79 Å². The maximum Gasteiger partial charge on any atom is 0.317 e. The van der Waals surface area contributed by atoms with Crippen LogP contribution in [0.5, 0.6) is 0 Å². The average molecular weight is 376 g/mol. The topological polar surface area (TPSA) is 72.9 Å². The fourth-order valence-electron chi connectivity index (χ4n) is 4.12. The van der Waals surface area contributed by atoms with E-state index >= 15 is 0 Å². The highest BCUT2D eigenvalue weighted by Gasteiger charge is 2.27. The van der Waals surface area contributed by atoms with E-state index in [4.69, 9.17) is 5.11 Å². The molecule has 1 fully saturated rings. The van der Waals surface area contributed by atoms with Gasteiger partial charge in [0.15, 0.2) is 0 Å². The van der Waals surface area contributed by atoms with Crippen molar-refractivity contribution in [2.24, 2.45) is 0 Å². The Bertz CT molecular complexity index is 644. The summed E-state index contributed by atoms with van der Waals surface area (Å²) in [6, 6.07) is 4.60.